The van der Waals surface area contributed by atoms with Gasteiger partial charge in [0, 0.05) is 26.2 Å². The van der Waals surface area contributed by atoms with Crippen LogP contribution in [0.1, 0.15) is 32.6 Å². The molecule has 2 fully saturated rings. The number of nitrogens with two attached hydrogens (primary N) is 1. The van der Waals surface area contributed by atoms with Crippen molar-refractivity contribution in [1.29, 1.82) is 0 Å². The standard InChI is InChI=1S/C15H29N3O2/c1-3-7-17(2)10-12-6-8-18(11-12)15(19)14-5-4-13(9-16)20-14/h12-14H,3-11,16H2,1-2H3/t12?,13-,14+/m1/s1. The van der Waals surface area contributed by atoms with Crippen molar-refractivity contribution >= 4 is 5.91 Å². The maximum atomic E-state index is 12.4. The normalized spacial score (nSPS) is 30.4. The smallest absolute Gasteiger partial charge is 0.251 e. The van der Waals surface area contributed by atoms with E-state index in [2.05, 4.69) is 18.9 Å². The minimum absolute atomic E-state index is 0.0815. The van der Waals surface area contributed by atoms with E-state index in [-0.39, 0.29) is 18.1 Å². The second-order valence-corrected chi connectivity index (χ2v) is 6.26. The summed E-state index contributed by atoms with van der Waals surface area (Å²) in [6.45, 7) is 6.72. The predicted molar refractivity (Wildman–Crippen MR) is 79.4 cm³/mol. The lowest BCUT2D eigenvalue weighted by molar-refractivity contribution is -0.141. The van der Waals surface area contributed by atoms with Gasteiger partial charge in [0.05, 0.1) is 6.10 Å². The number of hydrogen-bond donors (Lipinski definition) is 1. The van der Waals surface area contributed by atoms with E-state index in [0.29, 0.717) is 12.5 Å². The molecule has 0 bridgehead atoms. The molecule has 2 aliphatic rings. The molecule has 1 unspecified atom stereocenters. The van der Waals surface area contributed by atoms with Crippen molar-refractivity contribution in [1.82, 2.24) is 9.80 Å². The number of hydrogen-bond acceptors (Lipinski definition) is 4. The fraction of sp³-hybridized carbons (Fsp3) is 0.933. The molecule has 116 valence electrons. The Hall–Kier alpha value is -0.650. The Bertz CT molecular complexity index is 324. The molecule has 2 rings (SSSR count). The molecule has 0 aliphatic carbocycles. The minimum atomic E-state index is -0.240. The molecule has 5 nitrogen and oxygen atoms in total. The molecule has 0 aromatic rings. The second kappa shape index (κ2) is 7.38. The Labute approximate surface area is 122 Å². The molecule has 3 atom stereocenters. The van der Waals surface area contributed by atoms with Gasteiger partial charge in [0.15, 0.2) is 0 Å². The van der Waals surface area contributed by atoms with E-state index in [1.807, 2.05) is 4.90 Å². The molecule has 2 aliphatic heterocycles. The lowest BCUT2D eigenvalue weighted by Crippen LogP contribution is -2.39. The zero-order chi connectivity index (χ0) is 14.5. The summed E-state index contributed by atoms with van der Waals surface area (Å²) < 4.78 is 5.71. The van der Waals surface area contributed by atoms with E-state index in [1.165, 1.54) is 6.42 Å². The lowest BCUT2D eigenvalue weighted by atomic mass is 10.1. The number of nitrogens with zero attached hydrogens (tertiary/aromatic N) is 2. The van der Waals surface area contributed by atoms with Crippen molar-refractivity contribution in [3.63, 3.8) is 0 Å². The molecule has 2 heterocycles. The average Bonchev–Trinajstić information content (AvgIpc) is 3.06. The van der Waals surface area contributed by atoms with Gasteiger partial charge >= 0.3 is 0 Å². The summed E-state index contributed by atoms with van der Waals surface area (Å²) in [5.74, 6) is 0.795. The van der Waals surface area contributed by atoms with Crippen LogP contribution in [0.2, 0.25) is 0 Å². The van der Waals surface area contributed by atoms with Gasteiger partial charge in [0.25, 0.3) is 5.91 Å². The molecular weight excluding hydrogens is 254 g/mol. The molecule has 1 amide bonds. The Morgan fingerprint density at radius 3 is 2.85 bits per heavy atom. The fourth-order valence-corrected chi connectivity index (χ4v) is 3.36. The molecule has 5 heteroatoms. The van der Waals surface area contributed by atoms with Gasteiger partial charge in [-0.05, 0) is 45.2 Å². The van der Waals surface area contributed by atoms with Crippen LogP contribution < -0.4 is 5.73 Å². The van der Waals surface area contributed by atoms with Crippen LogP contribution in [-0.2, 0) is 9.53 Å². The van der Waals surface area contributed by atoms with Gasteiger partial charge in [0.1, 0.15) is 6.10 Å². The van der Waals surface area contributed by atoms with Crippen LogP contribution in [0.4, 0.5) is 0 Å². The maximum Gasteiger partial charge on any atom is 0.251 e. The predicted octanol–water partition coefficient (Wildman–Crippen LogP) is 0.683. The van der Waals surface area contributed by atoms with E-state index in [0.717, 1.165) is 45.4 Å². The van der Waals surface area contributed by atoms with Crippen molar-refractivity contribution < 1.29 is 9.53 Å². The van der Waals surface area contributed by atoms with Crippen LogP contribution in [-0.4, -0.2) is 67.7 Å². The number of carbonyl (C=O) groups is 1. The monoisotopic (exact) mass is 283 g/mol. The molecule has 0 aromatic carbocycles. The molecular formula is C15H29N3O2. The van der Waals surface area contributed by atoms with Crippen LogP contribution in [0.5, 0.6) is 0 Å². The zero-order valence-corrected chi connectivity index (χ0v) is 12.9. The molecule has 2 saturated heterocycles. The van der Waals surface area contributed by atoms with Crippen molar-refractivity contribution in [2.45, 2.75) is 44.8 Å². The number of amides is 1. The van der Waals surface area contributed by atoms with E-state index in [9.17, 15) is 4.79 Å². The Morgan fingerprint density at radius 2 is 2.20 bits per heavy atom. The number of ether oxygens (including phenoxy) is 1. The van der Waals surface area contributed by atoms with Gasteiger partial charge in [-0.15, -0.1) is 0 Å². The van der Waals surface area contributed by atoms with Crippen LogP contribution >= 0.6 is 0 Å². The van der Waals surface area contributed by atoms with Crippen LogP contribution in [0.15, 0.2) is 0 Å². The summed E-state index contributed by atoms with van der Waals surface area (Å²) in [6, 6.07) is 0. The highest BCUT2D eigenvalue weighted by atomic mass is 16.5. The molecule has 0 aromatic heterocycles. The van der Waals surface area contributed by atoms with Gasteiger partial charge in [0.2, 0.25) is 0 Å². The Balaban J connectivity index is 1.76. The highest BCUT2D eigenvalue weighted by Gasteiger charge is 2.35. The van der Waals surface area contributed by atoms with Gasteiger partial charge in [-0.25, -0.2) is 0 Å². The van der Waals surface area contributed by atoms with E-state index in [4.69, 9.17) is 10.5 Å². The summed E-state index contributed by atoms with van der Waals surface area (Å²) in [4.78, 5) is 16.8. The second-order valence-electron chi connectivity index (χ2n) is 6.26. The third-order valence-corrected chi connectivity index (χ3v) is 4.42. The molecule has 2 N–H and O–H groups in total. The van der Waals surface area contributed by atoms with Gasteiger partial charge in [-0.2, -0.15) is 0 Å². The van der Waals surface area contributed by atoms with E-state index < -0.39 is 0 Å². The van der Waals surface area contributed by atoms with Crippen molar-refractivity contribution in [3.8, 4) is 0 Å². The minimum Gasteiger partial charge on any atom is -0.364 e. The summed E-state index contributed by atoms with van der Waals surface area (Å²) in [7, 11) is 2.17. The quantitative estimate of drug-likeness (QED) is 0.779. The first-order valence-electron chi connectivity index (χ1n) is 7.96. The summed E-state index contributed by atoms with van der Waals surface area (Å²) in [5, 5.41) is 0. The average molecular weight is 283 g/mol. The van der Waals surface area contributed by atoms with Crippen molar-refractivity contribution in [2.75, 3.05) is 39.8 Å². The summed E-state index contributed by atoms with van der Waals surface area (Å²) in [5.41, 5.74) is 5.60. The molecule has 0 radical (unpaired) electrons. The van der Waals surface area contributed by atoms with Crippen LogP contribution in [0.3, 0.4) is 0 Å². The van der Waals surface area contributed by atoms with Gasteiger partial charge < -0.3 is 20.3 Å². The lowest BCUT2D eigenvalue weighted by Gasteiger charge is -2.23. The van der Waals surface area contributed by atoms with E-state index >= 15 is 0 Å². The summed E-state index contributed by atoms with van der Waals surface area (Å²) in [6.07, 6.45) is 3.89. The first-order chi connectivity index (χ1) is 9.63. The largest absolute Gasteiger partial charge is 0.364 e. The third kappa shape index (κ3) is 3.93. The first-order valence-corrected chi connectivity index (χ1v) is 7.96. The zero-order valence-electron chi connectivity index (χ0n) is 12.9. The molecule has 20 heavy (non-hydrogen) atoms. The van der Waals surface area contributed by atoms with Crippen molar-refractivity contribution in [3.05, 3.63) is 0 Å². The highest BCUT2D eigenvalue weighted by molar-refractivity contribution is 5.81. The maximum absolute atomic E-state index is 12.4. The number of carbonyl (C=O) groups excluding carboxylic acids is 1. The van der Waals surface area contributed by atoms with E-state index in [1.54, 1.807) is 0 Å². The van der Waals surface area contributed by atoms with Crippen LogP contribution in [0.25, 0.3) is 0 Å². The number of rotatable bonds is 6. The highest BCUT2D eigenvalue weighted by Crippen LogP contribution is 2.24. The van der Waals surface area contributed by atoms with Crippen molar-refractivity contribution in [2.24, 2.45) is 11.7 Å². The fourth-order valence-electron chi connectivity index (χ4n) is 3.36. The van der Waals surface area contributed by atoms with Crippen LogP contribution in [0, 0.1) is 5.92 Å². The van der Waals surface area contributed by atoms with Gasteiger partial charge in [-0.1, -0.05) is 6.92 Å². The first kappa shape index (κ1) is 15.7. The number of likely N-dealkylation sites (tertiary alicyclic amines) is 1. The Kier molecular flexibility index (Phi) is 5.81. The topological polar surface area (TPSA) is 58.8 Å². The molecule has 0 saturated carbocycles. The van der Waals surface area contributed by atoms with Gasteiger partial charge in [-0.3, -0.25) is 4.79 Å². The molecule has 0 spiro atoms. The SMILES string of the molecule is CCCN(C)CC1CCN(C(=O)[C@@H]2CC[C@H](CN)O2)C1. The third-order valence-electron chi connectivity index (χ3n) is 4.42. The summed E-state index contributed by atoms with van der Waals surface area (Å²) >= 11 is 0. The Morgan fingerprint density at radius 1 is 1.40 bits per heavy atom.